The third-order valence-electron chi connectivity index (χ3n) is 2.49. The first-order valence-electron chi connectivity index (χ1n) is 5.55. The van der Waals surface area contributed by atoms with Gasteiger partial charge in [-0.05, 0) is 26.7 Å². The van der Waals surface area contributed by atoms with E-state index in [0.717, 1.165) is 23.5 Å². The lowest BCUT2D eigenvalue weighted by molar-refractivity contribution is 0.101. The lowest BCUT2D eigenvalue weighted by atomic mass is 10.4. The zero-order chi connectivity index (χ0) is 11.5. The topological polar surface area (TPSA) is 42.4 Å². The molecule has 1 fully saturated rings. The van der Waals surface area contributed by atoms with Gasteiger partial charge in [0.15, 0.2) is 0 Å². The summed E-state index contributed by atoms with van der Waals surface area (Å²) in [5.41, 5.74) is 0.961. The van der Waals surface area contributed by atoms with Crippen molar-refractivity contribution in [1.82, 2.24) is 9.88 Å². The first kappa shape index (κ1) is 11.4. The van der Waals surface area contributed by atoms with Gasteiger partial charge in [0.05, 0.1) is 23.9 Å². The van der Waals surface area contributed by atoms with Gasteiger partial charge in [-0.3, -0.25) is 4.90 Å². The smallest absolute Gasteiger partial charge is 0.410 e. The molecule has 1 aromatic heterocycles. The Bertz CT molecular complexity index is 374. The van der Waals surface area contributed by atoms with Gasteiger partial charge in [-0.2, -0.15) is 0 Å². The van der Waals surface area contributed by atoms with Crippen molar-refractivity contribution in [2.75, 3.05) is 6.61 Å². The second kappa shape index (κ2) is 4.82. The Balaban J connectivity index is 2.00. The zero-order valence-corrected chi connectivity index (χ0v) is 10.4. The van der Waals surface area contributed by atoms with E-state index in [1.165, 1.54) is 0 Å². The van der Waals surface area contributed by atoms with E-state index in [9.17, 15) is 4.79 Å². The number of hydrogen-bond donors (Lipinski definition) is 0. The Hall–Kier alpha value is -1.10. The van der Waals surface area contributed by atoms with E-state index in [-0.39, 0.29) is 6.09 Å². The third-order valence-corrected chi connectivity index (χ3v) is 3.31. The molecule has 1 saturated carbocycles. The van der Waals surface area contributed by atoms with E-state index in [0.29, 0.717) is 19.2 Å². The van der Waals surface area contributed by atoms with Gasteiger partial charge in [0.1, 0.15) is 0 Å². The summed E-state index contributed by atoms with van der Waals surface area (Å²) in [5, 5.41) is 3.04. The molecule has 88 valence electrons. The average Bonchev–Trinajstić information content (AvgIpc) is 3.00. The van der Waals surface area contributed by atoms with Crippen molar-refractivity contribution in [2.24, 2.45) is 0 Å². The summed E-state index contributed by atoms with van der Waals surface area (Å²) >= 11 is 1.61. The molecule has 0 saturated heterocycles. The molecule has 1 heterocycles. The number of aryl methyl sites for hydroxylation is 1. The maximum absolute atomic E-state index is 11.7. The fourth-order valence-electron chi connectivity index (χ4n) is 1.59. The summed E-state index contributed by atoms with van der Waals surface area (Å²) in [4.78, 5) is 17.9. The van der Waals surface area contributed by atoms with E-state index in [2.05, 4.69) is 4.98 Å². The van der Waals surface area contributed by atoms with Crippen molar-refractivity contribution in [1.29, 1.82) is 0 Å². The van der Waals surface area contributed by atoms with Crippen molar-refractivity contribution in [2.45, 2.75) is 39.3 Å². The second-order valence-electron chi connectivity index (χ2n) is 3.92. The van der Waals surface area contributed by atoms with Crippen molar-refractivity contribution in [3.63, 3.8) is 0 Å². The summed E-state index contributed by atoms with van der Waals surface area (Å²) in [6.45, 7) is 4.81. The molecule has 16 heavy (non-hydrogen) atoms. The number of carbonyl (C=O) groups excluding carboxylic acids is 1. The van der Waals surface area contributed by atoms with Crippen LogP contribution in [0.15, 0.2) is 5.38 Å². The highest BCUT2D eigenvalue weighted by Crippen LogP contribution is 2.29. The molecule has 5 heteroatoms. The summed E-state index contributed by atoms with van der Waals surface area (Å²) < 4.78 is 5.05. The predicted octanol–water partition coefficient (Wildman–Crippen LogP) is 2.57. The number of hydrogen-bond acceptors (Lipinski definition) is 4. The van der Waals surface area contributed by atoms with Crippen LogP contribution >= 0.6 is 11.3 Å². The van der Waals surface area contributed by atoms with E-state index in [1.807, 2.05) is 19.2 Å². The summed E-state index contributed by atoms with van der Waals surface area (Å²) in [6, 6.07) is 0.362. The van der Waals surface area contributed by atoms with Crippen LogP contribution in [0, 0.1) is 6.92 Å². The molecule has 1 aliphatic rings. The molecular weight excluding hydrogens is 224 g/mol. The van der Waals surface area contributed by atoms with Gasteiger partial charge in [0, 0.05) is 11.4 Å². The minimum atomic E-state index is -0.212. The van der Waals surface area contributed by atoms with Crippen molar-refractivity contribution in [3.05, 3.63) is 16.1 Å². The van der Waals surface area contributed by atoms with E-state index in [1.54, 1.807) is 16.2 Å². The molecule has 0 unspecified atom stereocenters. The zero-order valence-electron chi connectivity index (χ0n) is 9.60. The Morgan fingerprint density at radius 1 is 1.69 bits per heavy atom. The van der Waals surface area contributed by atoms with E-state index < -0.39 is 0 Å². The number of rotatable bonds is 4. The largest absolute Gasteiger partial charge is 0.450 e. The number of ether oxygens (including phenoxy) is 1. The van der Waals surface area contributed by atoms with Gasteiger partial charge in [0.25, 0.3) is 0 Å². The van der Waals surface area contributed by atoms with Crippen LogP contribution in [0.1, 0.15) is 30.5 Å². The monoisotopic (exact) mass is 240 g/mol. The Kier molecular flexibility index (Phi) is 3.43. The average molecular weight is 240 g/mol. The number of thiazole rings is 1. The lowest BCUT2D eigenvalue weighted by Gasteiger charge is -2.20. The minimum absolute atomic E-state index is 0.212. The quantitative estimate of drug-likeness (QED) is 0.812. The Morgan fingerprint density at radius 2 is 2.44 bits per heavy atom. The molecular formula is C11H16N2O2S. The van der Waals surface area contributed by atoms with E-state index >= 15 is 0 Å². The van der Waals surface area contributed by atoms with Crippen LogP contribution in [-0.2, 0) is 11.3 Å². The van der Waals surface area contributed by atoms with Gasteiger partial charge in [0.2, 0.25) is 0 Å². The summed E-state index contributed by atoms with van der Waals surface area (Å²) in [7, 11) is 0. The molecule has 1 aromatic rings. The first-order valence-corrected chi connectivity index (χ1v) is 6.43. The van der Waals surface area contributed by atoms with Crippen LogP contribution in [0.5, 0.6) is 0 Å². The molecule has 0 bridgehead atoms. The van der Waals surface area contributed by atoms with Gasteiger partial charge >= 0.3 is 6.09 Å². The number of amides is 1. The van der Waals surface area contributed by atoms with Crippen LogP contribution < -0.4 is 0 Å². The molecule has 0 N–H and O–H groups in total. The SMILES string of the molecule is CCOC(=O)N(Cc1csc(C)n1)C1CC1. The van der Waals surface area contributed by atoms with E-state index in [4.69, 9.17) is 4.74 Å². The normalized spacial score (nSPS) is 14.9. The molecule has 4 nitrogen and oxygen atoms in total. The maximum atomic E-state index is 11.7. The fraction of sp³-hybridized carbons (Fsp3) is 0.636. The number of carbonyl (C=O) groups is 1. The molecule has 0 aliphatic heterocycles. The minimum Gasteiger partial charge on any atom is -0.450 e. The van der Waals surface area contributed by atoms with Crippen LogP contribution in [0.4, 0.5) is 4.79 Å². The second-order valence-corrected chi connectivity index (χ2v) is 4.98. The Morgan fingerprint density at radius 3 is 2.94 bits per heavy atom. The molecule has 0 radical (unpaired) electrons. The molecule has 0 aromatic carbocycles. The van der Waals surface area contributed by atoms with Crippen LogP contribution in [-0.4, -0.2) is 28.6 Å². The van der Waals surface area contributed by atoms with Crippen molar-refractivity contribution >= 4 is 17.4 Å². The summed E-state index contributed by atoms with van der Waals surface area (Å²) in [5.74, 6) is 0. The van der Waals surface area contributed by atoms with Crippen molar-refractivity contribution in [3.8, 4) is 0 Å². The van der Waals surface area contributed by atoms with Crippen molar-refractivity contribution < 1.29 is 9.53 Å². The maximum Gasteiger partial charge on any atom is 0.410 e. The summed E-state index contributed by atoms with van der Waals surface area (Å²) in [6.07, 6.45) is 1.96. The highest BCUT2D eigenvalue weighted by Gasteiger charge is 2.33. The Labute approximate surface area is 99.2 Å². The lowest BCUT2D eigenvalue weighted by Crippen LogP contribution is -2.33. The van der Waals surface area contributed by atoms with Gasteiger partial charge < -0.3 is 4.74 Å². The predicted molar refractivity (Wildman–Crippen MR) is 62.4 cm³/mol. The number of aromatic nitrogens is 1. The first-order chi connectivity index (χ1) is 7.70. The van der Waals surface area contributed by atoms with Gasteiger partial charge in [-0.1, -0.05) is 0 Å². The molecule has 1 amide bonds. The highest BCUT2D eigenvalue weighted by atomic mass is 32.1. The molecule has 1 aliphatic carbocycles. The highest BCUT2D eigenvalue weighted by molar-refractivity contribution is 7.09. The molecule has 0 atom stereocenters. The van der Waals surface area contributed by atoms with Crippen LogP contribution in [0.2, 0.25) is 0 Å². The standard InChI is InChI=1S/C11H16N2O2S/c1-3-15-11(14)13(10-4-5-10)6-9-7-16-8(2)12-9/h7,10H,3-6H2,1-2H3. The third kappa shape index (κ3) is 2.72. The van der Waals surface area contributed by atoms with Gasteiger partial charge in [-0.15, -0.1) is 11.3 Å². The van der Waals surface area contributed by atoms with Gasteiger partial charge in [-0.25, -0.2) is 9.78 Å². The van der Waals surface area contributed by atoms with Crippen LogP contribution in [0.25, 0.3) is 0 Å². The molecule has 2 rings (SSSR count). The van der Waals surface area contributed by atoms with Crippen LogP contribution in [0.3, 0.4) is 0 Å². The number of nitrogens with zero attached hydrogens (tertiary/aromatic N) is 2. The molecule has 0 spiro atoms. The fourth-order valence-corrected chi connectivity index (χ4v) is 2.19.